The predicted octanol–water partition coefficient (Wildman–Crippen LogP) is 3.35. The number of sulfone groups is 1. The fourth-order valence-corrected chi connectivity index (χ4v) is 4.39. The number of aliphatic hydroxyl groups is 2. The summed E-state index contributed by atoms with van der Waals surface area (Å²) in [5.74, 6) is -0.313. The van der Waals surface area contributed by atoms with Crippen LogP contribution in [-0.2, 0) is 16.4 Å². The van der Waals surface area contributed by atoms with Crippen molar-refractivity contribution < 1.29 is 18.6 Å². The quantitative estimate of drug-likeness (QED) is 0.205. The first-order valence-electron chi connectivity index (χ1n) is 11.4. The van der Waals surface area contributed by atoms with E-state index in [2.05, 4.69) is 15.3 Å². The summed E-state index contributed by atoms with van der Waals surface area (Å²) in [5.41, 5.74) is 8.61. The second-order valence-electron chi connectivity index (χ2n) is 8.73. The van der Waals surface area contributed by atoms with Crippen molar-refractivity contribution in [3.8, 4) is 11.3 Å². The second-order valence-corrected chi connectivity index (χ2v) is 11.2. The summed E-state index contributed by atoms with van der Waals surface area (Å²) in [6, 6.07) is 13.5. The van der Waals surface area contributed by atoms with Crippen LogP contribution in [-0.4, -0.2) is 52.2 Å². The van der Waals surface area contributed by atoms with Gasteiger partial charge in [-0.25, -0.2) is 18.4 Å². The molecule has 0 saturated carbocycles. The van der Waals surface area contributed by atoms with Crippen LogP contribution in [0.3, 0.4) is 0 Å². The van der Waals surface area contributed by atoms with Crippen molar-refractivity contribution in [1.29, 1.82) is 5.41 Å². The zero-order chi connectivity index (χ0) is 26.5. The highest BCUT2D eigenvalue weighted by Gasteiger charge is 2.19. The van der Waals surface area contributed by atoms with Crippen LogP contribution in [0.15, 0.2) is 65.7 Å². The van der Waals surface area contributed by atoms with E-state index in [1.807, 2.05) is 12.1 Å². The van der Waals surface area contributed by atoms with Crippen LogP contribution in [0.1, 0.15) is 37.6 Å². The molecule has 10 heteroatoms. The highest BCUT2D eigenvalue weighted by Crippen LogP contribution is 2.24. The number of benzene rings is 2. The monoisotopic (exact) mass is 509 g/mol. The SMILES string of the molecule is CC(O)CNCc1ccc(C(=N)/C=C(\O)c2nc(-c3ccc(S(=O)(=O)C(C)C)cc3)cnc2N)cc1. The van der Waals surface area contributed by atoms with E-state index in [0.717, 1.165) is 5.56 Å². The smallest absolute Gasteiger partial charge is 0.180 e. The van der Waals surface area contributed by atoms with Gasteiger partial charge in [-0.05, 0) is 44.0 Å². The van der Waals surface area contributed by atoms with E-state index in [-0.39, 0.29) is 27.9 Å². The summed E-state index contributed by atoms with van der Waals surface area (Å²) in [4.78, 5) is 8.72. The van der Waals surface area contributed by atoms with Crippen LogP contribution < -0.4 is 11.1 Å². The summed E-state index contributed by atoms with van der Waals surface area (Å²) in [6.45, 7) is 6.02. The molecule has 1 heterocycles. The molecule has 2 aromatic carbocycles. The molecule has 0 fully saturated rings. The second kappa shape index (κ2) is 11.4. The normalized spacial score (nSPS) is 13.1. The van der Waals surface area contributed by atoms with Crippen molar-refractivity contribution in [1.82, 2.24) is 15.3 Å². The zero-order valence-electron chi connectivity index (χ0n) is 20.4. The van der Waals surface area contributed by atoms with E-state index in [0.29, 0.717) is 29.9 Å². The number of nitrogens with zero attached hydrogens (tertiary/aromatic N) is 2. The van der Waals surface area contributed by atoms with Crippen LogP contribution >= 0.6 is 0 Å². The molecule has 3 rings (SSSR count). The minimum atomic E-state index is -3.40. The molecule has 1 atom stereocenters. The standard InChI is InChI=1S/C26H31N5O4S/c1-16(2)36(34,35)21-10-8-20(9-11-21)23-15-30-26(28)25(31-23)24(33)12-22(27)19-6-4-18(5-7-19)14-29-13-17(3)32/h4-12,15-17,27,29,32-33H,13-14H2,1-3H3,(H2,28,30)/b24-12-,27-22?. The van der Waals surface area contributed by atoms with Gasteiger partial charge < -0.3 is 26.7 Å². The molecule has 0 amide bonds. The van der Waals surface area contributed by atoms with Gasteiger partial charge in [-0.15, -0.1) is 0 Å². The Hall–Kier alpha value is -3.60. The molecule has 0 bridgehead atoms. The van der Waals surface area contributed by atoms with Gasteiger partial charge in [0, 0.05) is 24.7 Å². The van der Waals surface area contributed by atoms with Gasteiger partial charge in [0.2, 0.25) is 0 Å². The maximum Gasteiger partial charge on any atom is 0.180 e. The number of hydrogen-bond acceptors (Lipinski definition) is 9. The molecule has 0 aliphatic rings. The molecule has 36 heavy (non-hydrogen) atoms. The molecule has 6 N–H and O–H groups in total. The molecular formula is C26H31N5O4S. The lowest BCUT2D eigenvalue weighted by molar-refractivity contribution is 0.191. The van der Waals surface area contributed by atoms with Gasteiger partial charge in [0.05, 0.1) is 33.9 Å². The molecule has 1 aromatic heterocycles. The lowest BCUT2D eigenvalue weighted by Crippen LogP contribution is -2.23. The van der Waals surface area contributed by atoms with Crippen molar-refractivity contribution >= 4 is 27.1 Å². The van der Waals surface area contributed by atoms with Gasteiger partial charge in [0.15, 0.2) is 15.7 Å². The van der Waals surface area contributed by atoms with Gasteiger partial charge in [0.1, 0.15) is 11.5 Å². The lowest BCUT2D eigenvalue weighted by Gasteiger charge is -2.10. The number of aliphatic hydroxyl groups excluding tert-OH is 2. The average Bonchev–Trinajstić information content (AvgIpc) is 2.84. The molecule has 3 aromatic rings. The summed E-state index contributed by atoms with van der Waals surface area (Å²) in [7, 11) is -3.40. The maximum atomic E-state index is 12.4. The van der Waals surface area contributed by atoms with Gasteiger partial charge >= 0.3 is 0 Å². The molecule has 0 spiro atoms. The lowest BCUT2D eigenvalue weighted by atomic mass is 10.1. The summed E-state index contributed by atoms with van der Waals surface area (Å²) in [5, 5.41) is 30.9. The van der Waals surface area contributed by atoms with E-state index in [4.69, 9.17) is 11.1 Å². The van der Waals surface area contributed by atoms with Gasteiger partial charge in [-0.1, -0.05) is 36.4 Å². The molecule has 0 aliphatic heterocycles. The first kappa shape index (κ1) is 27.0. The van der Waals surface area contributed by atoms with Crippen molar-refractivity contribution in [3.05, 3.63) is 77.6 Å². The summed E-state index contributed by atoms with van der Waals surface area (Å²) < 4.78 is 24.7. The summed E-state index contributed by atoms with van der Waals surface area (Å²) in [6.07, 6.45) is 2.26. The van der Waals surface area contributed by atoms with E-state index in [9.17, 15) is 18.6 Å². The Balaban J connectivity index is 1.79. The van der Waals surface area contributed by atoms with E-state index < -0.39 is 21.2 Å². The van der Waals surface area contributed by atoms with Gasteiger partial charge in [-0.3, -0.25) is 0 Å². The molecule has 0 saturated heterocycles. The maximum absolute atomic E-state index is 12.4. The van der Waals surface area contributed by atoms with Crippen LogP contribution in [0.4, 0.5) is 5.82 Å². The third-order valence-corrected chi connectivity index (χ3v) is 7.63. The number of nitrogens with two attached hydrogens (primary N) is 1. The van der Waals surface area contributed by atoms with Crippen LogP contribution in [0, 0.1) is 5.41 Å². The Morgan fingerprint density at radius 2 is 1.75 bits per heavy atom. The Bertz CT molecular complexity index is 1350. The van der Waals surface area contributed by atoms with Crippen LogP contribution in [0.2, 0.25) is 0 Å². The highest BCUT2D eigenvalue weighted by atomic mass is 32.2. The van der Waals surface area contributed by atoms with Crippen molar-refractivity contribution in [3.63, 3.8) is 0 Å². The zero-order valence-corrected chi connectivity index (χ0v) is 21.2. The number of nitrogen functional groups attached to an aromatic ring is 1. The number of rotatable bonds is 10. The molecule has 0 aliphatic carbocycles. The largest absolute Gasteiger partial charge is 0.505 e. The van der Waals surface area contributed by atoms with Gasteiger partial charge in [-0.2, -0.15) is 0 Å². The molecule has 0 radical (unpaired) electrons. The molecule has 190 valence electrons. The number of aromatic nitrogens is 2. The fourth-order valence-electron chi connectivity index (χ4n) is 3.33. The minimum Gasteiger partial charge on any atom is -0.505 e. The third kappa shape index (κ3) is 6.54. The third-order valence-electron chi connectivity index (χ3n) is 5.46. The van der Waals surface area contributed by atoms with Crippen molar-refractivity contribution in [2.45, 2.75) is 43.6 Å². The molecule has 1 unspecified atom stereocenters. The molecular weight excluding hydrogens is 478 g/mol. The topological polar surface area (TPSA) is 162 Å². The fraction of sp³-hybridized carbons (Fsp3) is 0.269. The van der Waals surface area contributed by atoms with E-state index in [1.165, 1.54) is 24.4 Å². The minimum absolute atomic E-state index is 0.00107. The Morgan fingerprint density at radius 1 is 1.11 bits per heavy atom. The van der Waals surface area contributed by atoms with Crippen LogP contribution in [0.5, 0.6) is 0 Å². The predicted molar refractivity (Wildman–Crippen MR) is 141 cm³/mol. The Labute approximate surface area is 211 Å². The van der Waals surface area contributed by atoms with Crippen molar-refractivity contribution in [2.75, 3.05) is 12.3 Å². The average molecular weight is 510 g/mol. The summed E-state index contributed by atoms with van der Waals surface area (Å²) >= 11 is 0. The first-order valence-corrected chi connectivity index (χ1v) is 13.0. The number of allylic oxidation sites excluding steroid dienone is 1. The van der Waals surface area contributed by atoms with E-state index in [1.54, 1.807) is 45.0 Å². The molecule has 9 nitrogen and oxygen atoms in total. The Kier molecular flexibility index (Phi) is 8.57. The number of hydrogen-bond donors (Lipinski definition) is 5. The van der Waals surface area contributed by atoms with E-state index >= 15 is 0 Å². The highest BCUT2D eigenvalue weighted by molar-refractivity contribution is 7.92. The van der Waals surface area contributed by atoms with Gasteiger partial charge in [0.25, 0.3) is 0 Å². The van der Waals surface area contributed by atoms with Crippen molar-refractivity contribution in [2.24, 2.45) is 0 Å². The number of anilines is 1. The van der Waals surface area contributed by atoms with Crippen LogP contribution in [0.25, 0.3) is 17.0 Å². The Morgan fingerprint density at radius 3 is 2.33 bits per heavy atom. The first-order chi connectivity index (χ1) is 17.0. The number of nitrogens with one attached hydrogen (secondary N) is 2.